The van der Waals surface area contributed by atoms with Crippen LogP contribution in [0.1, 0.15) is 51.9 Å². The topological polar surface area (TPSA) is 46.2 Å². The maximum Gasteiger partial charge on any atom is 0.150 e. The van der Waals surface area contributed by atoms with Crippen LogP contribution >= 0.6 is 0 Å². The van der Waals surface area contributed by atoms with Crippen molar-refractivity contribution >= 4 is 9.84 Å². The first kappa shape index (κ1) is 14.5. The molecule has 0 spiro atoms. The lowest BCUT2D eigenvalue weighted by Gasteiger charge is -2.59. The molecule has 1 heterocycles. The molecule has 0 aromatic rings. The molecule has 5 fully saturated rings. The lowest BCUT2D eigenvalue weighted by atomic mass is 9.48. The highest BCUT2D eigenvalue weighted by Crippen LogP contribution is 2.61. The van der Waals surface area contributed by atoms with Crippen molar-refractivity contribution in [2.24, 2.45) is 29.1 Å². The SMILES string of the molecule is CC(NCC1CCS(=O)(=O)C1)C12CC3CC(CC(C3)C1)C2. The summed E-state index contributed by atoms with van der Waals surface area (Å²) in [5.74, 6) is 4.15. The summed E-state index contributed by atoms with van der Waals surface area (Å²) in [6, 6.07) is 0.564. The first-order chi connectivity index (χ1) is 9.94. The molecule has 5 aliphatic rings. The third-order valence-corrected chi connectivity index (χ3v) is 8.88. The van der Waals surface area contributed by atoms with Gasteiger partial charge >= 0.3 is 0 Å². The van der Waals surface area contributed by atoms with E-state index in [1.165, 1.54) is 38.5 Å². The van der Waals surface area contributed by atoms with E-state index >= 15 is 0 Å². The van der Waals surface area contributed by atoms with Gasteiger partial charge in [0, 0.05) is 6.04 Å². The summed E-state index contributed by atoms with van der Waals surface area (Å²) in [4.78, 5) is 0. The van der Waals surface area contributed by atoms with Crippen LogP contribution in [0.5, 0.6) is 0 Å². The Morgan fingerprint density at radius 1 is 1.10 bits per heavy atom. The molecule has 4 aliphatic carbocycles. The lowest BCUT2D eigenvalue weighted by molar-refractivity contribution is -0.0707. The van der Waals surface area contributed by atoms with Crippen LogP contribution in [0, 0.1) is 29.1 Å². The van der Waals surface area contributed by atoms with Gasteiger partial charge in [0.2, 0.25) is 0 Å². The second-order valence-corrected chi connectivity index (χ2v) is 10.9. The Balaban J connectivity index is 1.38. The normalized spacial score (nSPS) is 48.6. The minimum atomic E-state index is -2.73. The van der Waals surface area contributed by atoms with Gasteiger partial charge in [-0.05, 0) is 87.5 Å². The molecule has 1 N–H and O–H groups in total. The predicted molar refractivity (Wildman–Crippen MR) is 84.8 cm³/mol. The fourth-order valence-electron chi connectivity index (χ4n) is 6.30. The molecule has 3 nitrogen and oxygen atoms in total. The summed E-state index contributed by atoms with van der Waals surface area (Å²) in [5.41, 5.74) is 0.534. The molecule has 4 saturated carbocycles. The summed E-state index contributed by atoms with van der Waals surface area (Å²) in [5, 5.41) is 3.75. The molecular formula is C17H29NO2S. The van der Waals surface area contributed by atoms with Crippen molar-refractivity contribution in [3.8, 4) is 0 Å². The zero-order valence-electron chi connectivity index (χ0n) is 13.2. The molecule has 5 rings (SSSR count). The average Bonchev–Trinajstić information content (AvgIpc) is 2.74. The fourth-order valence-corrected chi connectivity index (χ4v) is 8.16. The van der Waals surface area contributed by atoms with E-state index in [-0.39, 0.29) is 0 Å². The van der Waals surface area contributed by atoms with Crippen molar-refractivity contribution in [2.45, 2.75) is 57.9 Å². The zero-order valence-corrected chi connectivity index (χ0v) is 14.0. The predicted octanol–water partition coefficient (Wildman–Crippen LogP) is 2.62. The molecule has 1 aliphatic heterocycles. The fraction of sp³-hybridized carbons (Fsp3) is 1.00. The molecule has 0 radical (unpaired) electrons. The van der Waals surface area contributed by atoms with E-state index in [9.17, 15) is 8.42 Å². The third-order valence-electron chi connectivity index (χ3n) is 7.04. The first-order valence-electron chi connectivity index (χ1n) is 8.88. The molecular weight excluding hydrogens is 282 g/mol. The number of rotatable bonds is 4. The molecule has 21 heavy (non-hydrogen) atoms. The number of nitrogens with one attached hydrogen (secondary N) is 1. The van der Waals surface area contributed by atoms with Crippen LogP contribution in [0.2, 0.25) is 0 Å². The first-order valence-corrected chi connectivity index (χ1v) is 10.7. The van der Waals surface area contributed by atoms with E-state index < -0.39 is 9.84 Å². The molecule has 0 aromatic heterocycles. The standard InChI is InChI=1S/C17H29NO2S/c1-12(18-10-13-2-3-21(19,20)11-13)17-7-14-4-15(8-17)6-16(5-14)9-17/h12-16,18H,2-11H2,1H3. The smallest absolute Gasteiger partial charge is 0.150 e. The van der Waals surface area contributed by atoms with E-state index in [2.05, 4.69) is 12.2 Å². The largest absolute Gasteiger partial charge is 0.313 e. The monoisotopic (exact) mass is 311 g/mol. The van der Waals surface area contributed by atoms with E-state index in [1.54, 1.807) is 0 Å². The second-order valence-electron chi connectivity index (χ2n) is 8.68. The van der Waals surface area contributed by atoms with Crippen molar-refractivity contribution in [3.63, 3.8) is 0 Å². The molecule has 0 aromatic carbocycles. The van der Waals surface area contributed by atoms with Crippen LogP contribution in [0.3, 0.4) is 0 Å². The van der Waals surface area contributed by atoms with Crippen LogP contribution < -0.4 is 5.32 Å². The van der Waals surface area contributed by atoms with Crippen molar-refractivity contribution in [1.82, 2.24) is 5.32 Å². The van der Waals surface area contributed by atoms with Gasteiger partial charge in [-0.25, -0.2) is 8.42 Å². The van der Waals surface area contributed by atoms with Gasteiger partial charge in [-0.3, -0.25) is 0 Å². The van der Waals surface area contributed by atoms with Crippen molar-refractivity contribution in [1.29, 1.82) is 0 Å². The molecule has 1 saturated heterocycles. The van der Waals surface area contributed by atoms with Gasteiger partial charge in [-0.2, -0.15) is 0 Å². The van der Waals surface area contributed by atoms with Gasteiger partial charge in [0.25, 0.3) is 0 Å². The number of hydrogen-bond donors (Lipinski definition) is 1. The Labute approximate surface area is 129 Å². The van der Waals surface area contributed by atoms with Crippen molar-refractivity contribution in [3.05, 3.63) is 0 Å². The average molecular weight is 311 g/mol. The third kappa shape index (κ3) is 2.67. The second kappa shape index (κ2) is 4.95. The zero-order chi connectivity index (χ0) is 14.7. The summed E-state index contributed by atoms with van der Waals surface area (Å²) in [7, 11) is -2.73. The Kier molecular flexibility index (Phi) is 3.42. The summed E-state index contributed by atoms with van der Waals surface area (Å²) in [6.07, 6.45) is 9.62. The molecule has 2 atom stereocenters. The molecule has 4 bridgehead atoms. The Morgan fingerprint density at radius 2 is 1.67 bits per heavy atom. The van der Waals surface area contributed by atoms with E-state index in [4.69, 9.17) is 0 Å². The highest BCUT2D eigenvalue weighted by atomic mass is 32.2. The molecule has 2 unspecified atom stereocenters. The maximum absolute atomic E-state index is 11.6. The van der Waals surface area contributed by atoms with Crippen molar-refractivity contribution < 1.29 is 8.42 Å². The molecule has 120 valence electrons. The van der Waals surface area contributed by atoms with Crippen LogP contribution in [0.15, 0.2) is 0 Å². The Morgan fingerprint density at radius 3 is 2.14 bits per heavy atom. The summed E-state index contributed by atoms with van der Waals surface area (Å²) >= 11 is 0. The number of hydrogen-bond acceptors (Lipinski definition) is 3. The van der Waals surface area contributed by atoms with E-state index in [1.807, 2.05) is 0 Å². The summed E-state index contributed by atoms with van der Waals surface area (Å²) < 4.78 is 23.2. The van der Waals surface area contributed by atoms with E-state index in [0.29, 0.717) is 28.9 Å². The van der Waals surface area contributed by atoms with Crippen LogP contribution in [0.25, 0.3) is 0 Å². The van der Waals surface area contributed by atoms with Gasteiger partial charge in [0.1, 0.15) is 0 Å². The maximum atomic E-state index is 11.6. The minimum absolute atomic E-state index is 0.353. The number of sulfone groups is 1. The lowest BCUT2D eigenvalue weighted by Crippen LogP contribution is -2.55. The van der Waals surface area contributed by atoms with Gasteiger partial charge in [-0.1, -0.05) is 0 Å². The summed E-state index contributed by atoms with van der Waals surface area (Å²) in [6.45, 7) is 3.28. The molecule has 4 heteroatoms. The van der Waals surface area contributed by atoms with Gasteiger partial charge < -0.3 is 5.32 Å². The van der Waals surface area contributed by atoms with E-state index in [0.717, 1.165) is 30.7 Å². The minimum Gasteiger partial charge on any atom is -0.313 e. The Bertz CT molecular complexity index is 478. The van der Waals surface area contributed by atoms with Crippen LogP contribution in [-0.4, -0.2) is 32.5 Å². The quantitative estimate of drug-likeness (QED) is 0.868. The highest BCUT2D eigenvalue weighted by Gasteiger charge is 2.53. The molecule has 0 amide bonds. The van der Waals surface area contributed by atoms with Crippen LogP contribution in [0.4, 0.5) is 0 Å². The van der Waals surface area contributed by atoms with Crippen molar-refractivity contribution in [2.75, 3.05) is 18.1 Å². The van der Waals surface area contributed by atoms with Gasteiger partial charge in [-0.15, -0.1) is 0 Å². The van der Waals surface area contributed by atoms with Crippen LogP contribution in [-0.2, 0) is 9.84 Å². The Hall–Kier alpha value is -0.0900. The highest BCUT2D eigenvalue weighted by molar-refractivity contribution is 7.91. The van der Waals surface area contributed by atoms with Gasteiger partial charge in [0.15, 0.2) is 9.84 Å². The van der Waals surface area contributed by atoms with Gasteiger partial charge in [0.05, 0.1) is 11.5 Å².